The smallest absolute Gasteiger partial charge is 0.188 e. The van der Waals surface area contributed by atoms with Crippen molar-refractivity contribution in [1.82, 2.24) is 20.0 Å². The van der Waals surface area contributed by atoms with E-state index in [2.05, 4.69) is 25.6 Å². The number of azide groups is 1. The molecule has 8 nitrogen and oxygen atoms in total. The SMILES string of the molecule is COc1ccc2c(N=[N+]=[N-])c(-c3ccccc3)c3nnnn3c2c1Cl. The molecule has 2 aromatic heterocycles. The van der Waals surface area contributed by atoms with Gasteiger partial charge in [0.25, 0.3) is 0 Å². The van der Waals surface area contributed by atoms with Crippen LogP contribution in [0.2, 0.25) is 5.02 Å². The van der Waals surface area contributed by atoms with Crippen molar-refractivity contribution in [3.8, 4) is 16.9 Å². The number of nitrogens with zero attached hydrogens (tertiary/aromatic N) is 7. The van der Waals surface area contributed by atoms with Gasteiger partial charge in [-0.3, -0.25) is 0 Å². The molecule has 25 heavy (non-hydrogen) atoms. The minimum Gasteiger partial charge on any atom is -0.495 e. The molecule has 0 aliphatic carbocycles. The second-order valence-corrected chi connectivity index (χ2v) is 5.55. The highest BCUT2D eigenvalue weighted by Crippen LogP contribution is 2.43. The minimum atomic E-state index is 0.339. The van der Waals surface area contributed by atoms with Gasteiger partial charge < -0.3 is 4.74 Å². The van der Waals surface area contributed by atoms with Crippen LogP contribution in [0, 0.1) is 0 Å². The number of hydrogen-bond acceptors (Lipinski definition) is 5. The van der Waals surface area contributed by atoms with Crippen molar-refractivity contribution in [3.05, 3.63) is 57.9 Å². The van der Waals surface area contributed by atoms with Crippen molar-refractivity contribution in [2.45, 2.75) is 0 Å². The van der Waals surface area contributed by atoms with Gasteiger partial charge in [-0.2, -0.15) is 4.52 Å². The first kappa shape index (κ1) is 15.2. The number of aromatic nitrogens is 4. The first-order chi connectivity index (χ1) is 12.3. The van der Waals surface area contributed by atoms with Crippen molar-refractivity contribution in [3.63, 3.8) is 0 Å². The number of tetrazole rings is 1. The number of rotatable bonds is 3. The number of halogens is 1. The highest BCUT2D eigenvalue weighted by molar-refractivity contribution is 6.37. The van der Waals surface area contributed by atoms with Gasteiger partial charge in [0.15, 0.2) is 5.65 Å². The zero-order valence-corrected chi connectivity index (χ0v) is 13.7. The van der Waals surface area contributed by atoms with Crippen LogP contribution in [0.3, 0.4) is 0 Å². The maximum absolute atomic E-state index is 9.09. The van der Waals surface area contributed by atoms with E-state index in [0.29, 0.717) is 38.6 Å². The maximum atomic E-state index is 9.09. The summed E-state index contributed by atoms with van der Waals surface area (Å²) in [4.78, 5) is 2.98. The van der Waals surface area contributed by atoms with E-state index in [1.165, 1.54) is 11.6 Å². The number of benzene rings is 2. The summed E-state index contributed by atoms with van der Waals surface area (Å²) in [5.74, 6) is 0.477. The zero-order chi connectivity index (χ0) is 17.4. The monoisotopic (exact) mass is 351 g/mol. The van der Waals surface area contributed by atoms with Crippen molar-refractivity contribution < 1.29 is 4.74 Å². The van der Waals surface area contributed by atoms with Gasteiger partial charge in [-0.25, -0.2) is 0 Å². The highest BCUT2D eigenvalue weighted by atomic mass is 35.5. The van der Waals surface area contributed by atoms with Crippen LogP contribution in [0.4, 0.5) is 5.69 Å². The van der Waals surface area contributed by atoms with Gasteiger partial charge in [0.2, 0.25) is 0 Å². The van der Waals surface area contributed by atoms with Crippen molar-refractivity contribution >= 4 is 33.8 Å². The third-order valence-electron chi connectivity index (χ3n) is 3.90. The Morgan fingerprint density at radius 3 is 2.72 bits per heavy atom. The predicted molar refractivity (Wildman–Crippen MR) is 94.1 cm³/mol. The summed E-state index contributed by atoms with van der Waals surface area (Å²) in [6.07, 6.45) is 0. The third kappa shape index (κ3) is 2.24. The second kappa shape index (κ2) is 5.94. The summed E-state index contributed by atoms with van der Waals surface area (Å²) in [6.45, 7) is 0. The lowest BCUT2D eigenvalue weighted by Gasteiger charge is -2.13. The Bertz CT molecular complexity index is 1150. The molecule has 0 bridgehead atoms. The van der Waals surface area contributed by atoms with E-state index in [1.54, 1.807) is 12.1 Å². The molecule has 4 aromatic rings. The van der Waals surface area contributed by atoms with E-state index in [4.69, 9.17) is 21.9 Å². The van der Waals surface area contributed by atoms with E-state index < -0.39 is 0 Å². The number of hydrogen-bond donors (Lipinski definition) is 0. The van der Waals surface area contributed by atoms with Gasteiger partial charge in [0.05, 0.1) is 18.3 Å². The molecule has 9 heteroatoms. The van der Waals surface area contributed by atoms with Crippen molar-refractivity contribution in [1.29, 1.82) is 0 Å². The fourth-order valence-corrected chi connectivity index (χ4v) is 3.18. The van der Waals surface area contributed by atoms with E-state index in [0.717, 1.165) is 5.56 Å². The van der Waals surface area contributed by atoms with Crippen molar-refractivity contribution in [2.75, 3.05) is 7.11 Å². The molecule has 0 saturated heterocycles. The Morgan fingerprint density at radius 1 is 1.20 bits per heavy atom. The largest absolute Gasteiger partial charge is 0.495 e. The van der Waals surface area contributed by atoms with E-state index in [1.807, 2.05) is 30.3 Å². The normalized spacial score (nSPS) is 10.8. The molecule has 0 radical (unpaired) electrons. The van der Waals surface area contributed by atoms with Gasteiger partial charge in [-0.05, 0) is 33.7 Å². The molecule has 122 valence electrons. The van der Waals surface area contributed by atoms with Crippen molar-refractivity contribution in [2.24, 2.45) is 5.11 Å². The van der Waals surface area contributed by atoms with E-state index in [9.17, 15) is 0 Å². The lowest BCUT2D eigenvalue weighted by Crippen LogP contribution is -1.97. The number of methoxy groups -OCH3 is 1. The molecule has 0 aliphatic heterocycles. The Hall–Kier alpha value is -3.35. The lowest BCUT2D eigenvalue weighted by molar-refractivity contribution is 0.415. The van der Waals surface area contributed by atoms with Crippen LogP contribution in [0.15, 0.2) is 47.6 Å². The molecule has 0 spiro atoms. The Balaban J connectivity index is 2.28. The van der Waals surface area contributed by atoms with Crippen LogP contribution in [0.25, 0.3) is 38.1 Å². The third-order valence-corrected chi connectivity index (χ3v) is 4.27. The van der Waals surface area contributed by atoms with Gasteiger partial charge in [-0.1, -0.05) is 47.0 Å². The molecule has 2 heterocycles. The quantitative estimate of drug-likeness (QED) is 0.307. The minimum absolute atomic E-state index is 0.339. The van der Waals surface area contributed by atoms with Crippen LogP contribution in [-0.4, -0.2) is 27.2 Å². The van der Waals surface area contributed by atoms with Gasteiger partial charge in [0.1, 0.15) is 10.8 Å². The van der Waals surface area contributed by atoms with Crippen LogP contribution < -0.4 is 4.74 Å². The summed E-state index contributed by atoms with van der Waals surface area (Å²) in [5.41, 5.74) is 11.9. The fourth-order valence-electron chi connectivity index (χ4n) is 2.86. The maximum Gasteiger partial charge on any atom is 0.188 e. The number of fused-ring (bicyclic) bond motifs is 3. The molecule has 0 N–H and O–H groups in total. The summed E-state index contributed by atoms with van der Waals surface area (Å²) in [5, 5.41) is 16.8. The standard InChI is InChI=1S/C16H10ClN7O/c1-25-11-8-7-10-14(19-21-18)12(9-5-3-2-4-6-9)16-20-22-23-24(16)15(10)13(11)17/h2-8H,1H3. The van der Waals surface area contributed by atoms with Gasteiger partial charge in [0, 0.05) is 15.9 Å². The first-order valence-corrected chi connectivity index (χ1v) is 7.65. The summed E-state index contributed by atoms with van der Waals surface area (Å²) >= 11 is 6.47. The van der Waals surface area contributed by atoms with Crippen LogP contribution >= 0.6 is 11.6 Å². The Morgan fingerprint density at radius 2 is 2.00 bits per heavy atom. The van der Waals surface area contributed by atoms with E-state index in [-0.39, 0.29) is 0 Å². The average molecular weight is 352 g/mol. The molecule has 0 saturated carbocycles. The topological polar surface area (TPSA) is 101 Å². The molecular weight excluding hydrogens is 342 g/mol. The predicted octanol–water partition coefficient (Wildman–Crippen LogP) is 4.55. The Labute approximate surface area is 146 Å². The molecule has 0 aliphatic rings. The number of pyridine rings is 1. The van der Waals surface area contributed by atoms with Crippen LogP contribution in [0.5, 0.6) is 5.75 Å². The Kier molecular flexibility index (Phi) is 3.61. The summed E-state index contributed by atoms with van der Waals surface area (Å²) in [7, 11) is 1.52. The fraction of sp³-hybridized carbons (Fsp3) is 0.0625. The van der Waals surface area contributed by atoms with Gasteiger partial charge >= 0.3 is 0 Å². The summed E-state index contributed by atoms with van der Waals surface area (Å²) < 4.78 is 6.80. The molecule has 0 atom stereocenters. The van der Waals surface area contributed by atoms with Crippen LogP contribution in [-0.2, 0) is 0 Å². The number of ether oxygens (including phenoxy) is 1. The molecule has 0 amide bonds. The molecule has 2 aromatic carbocycles. The highest BCUT2D eigenvalue weighted by Gasteiger charge is 2.21. The summed E-state index contributed by atoms with van der Waals surface area (Å²) in [6, 6.07) is 13.0. The van der Waals surface area contributed by atoms with Gasteiger partial charge in [-0.15, -0.1) is 5.10 Å². The zero-order valence-electron chi connectivity index (χ0n) is 13.0. The molecular formula is C16H10ClN7O. The average Bonchev–Trinajstić information content (AvgIpc) is 3.12. The first-order valence-electron chi connectivity index (χ1n) is 7.27. The molecule has 0 fully saturated rings. The van der Waals surface area contributed by atoms with Crippen LogP contribution in [0.1, 0.15) is 0 Å². The lowest BCUT2D eigenvalue weighted by atomic mass is 10.0. The molecule has 4 rings (SSSR count). The molecule has 0 unspecified atom stereocenters. The second-order valence-electron chi connectivity index (χ2n) is 5.17. The van der Waals surface area contributed by atoms with E-state index >= 15 is 0 Å².